The van der Waals surface area contributed by atoms with E-state index in [1.807, 2.05) is 12.4 Å². The third-order valence-corrected chi connectivity index (χ3v) is 5.28. The van der Waals surface area contributed by atoms with Gasteiger partial charge in [0.1, 0.15) is 0 Å². The van der Waals surface area contributed by atoms with Gasteiger partial charge in [0.05, 0.1) is 0 Å². The van der Waals surface area contributed by atoms with Crippen molar-refractivity contribution in [3.8, 4) is 0 Å². The molecule has 0 amide bonds. The smallest absolute Gasteiger partial charge is 0.0481 e. The third-order valence-electron chi connectivity index (χ3n) is 3.69. The molecule has 0 aromatic carbocycles. The third kappa shape index (κ3) is 3.07. The zero-order chi connectivity index (χ0) is 13.0. The Bertz CT molecular complexity index is 386. The summed E-state index contributed by atoms with van der Waals surface area (Å²) in [4.78, 5) is 4.37. The number of nitrogens with zero attached hydrogens (tertiary/aromatic N) is 1. The van der Waals surface area contributed by atoms with Gasteiger partial charge < -0.3 is 5.32 Å². The standard InChI is InChI=1S/C15H24N2S/c1-4-7-17-14(15(3)6-5-8-18-15)13-9-12(2)10-16-11-13/h9-11,14,17H,4-8H2,1-3H3. The van der Waals surface area contributed by atoms with Crippen LogP contribution in [0.5, 0.6) is 0 Å². The van der Waals surface area contributed by atoms with E-state index in [1.165, 1.54) is 36.1 Å². The van der Waals surface area contributed by atoms with Crippen LogP contribution in [0, 0.1) is 6.92 Å². The van der Waals surface area contributed by atoms with E-state index in [0.29, 0.717) is 10.8 Å². The first kappa shape index (κ1) is 13.9. The van der Waals surface area contributed by atoms with Crippen molar-refractivity contribution in [2.24, 2.45) is 0 Å². The van der Waals surface area contributed by atoms with Gasteiger partial charge >= 0.3 is 0 Å². The van der Waals surface area contributed by atoms with Crippen LogP contribution in [0.25, 0.3) is 0 Å². The van der Waals surface area contributed by atoms with E-state index in [9.17, 15) is 0 Å². The van der Waals surface area contributed by atoms with Crippen LogP contribution in [0.4, 0.5) is 0 Å². The van der Waals surface area contributed by atoms with Gasteiger partial charge in [-0.2, -0.15) is 11.8 Å². The first-order chi connectivity index (χ1) is 8.65. The Hall–Kier alpha value is -0.540. The molecule has 1 aliphatic rings. The molecule has 2 nitrogen and oxygen atoms in total. The summed E-state index contributed by atoms with van der Waals surface area (Å²) in [6.07, 6.45) is 7.78. The van der Waals surface area contributed by atoms with E-state index in [2.05, 4.69) is 48.9 Å². The van der Waals surface area contributed by atoms with Crippen LogP contribution in [-0.4, -0.2) is 22.0 Å². The number of hydrogen-bond acceptors (Lipinski definition) is 3. The van der Waals surface area contributed by atoms with Gasteiger partial charge in [-0.25, -0.2) is 0 Å². The van der Waals surface area contributed by atoms with Crippen LogP contribution < -0.4 is 5.32 Å². The number of aryl methyl sites for hydroxylation is 1. The topological polar surface area (TPSA) is 24.9 Å². The lowest BCUT2D eigenvalue weighted by atomic mass is 9.90. The fraction of sp³-hybridized carbons (Fsp3) is 0.667. The molecule has 1 fully saturated rings. The number of rotatable bonds is 5. The molecule has 1 aromatic heterocycles. The summed E-state index contributed by atoms with van der Waals surface area (Å²) in [5.74, 6) is 1.29. The van der Waals surface area contributed by atoms with Crippen molar-refractivity contribution < 1.29 is 0 Å². The summed E-state index contributed by atoms with van der Waals surface area (Å²) in [5, 5.41) is 3.73. The zero-order valence-electron chi connectivity index (χ0n) is 11.7. The molecule has 0 radical (unpaired) electrons. The molecule has 2 atom stereocenters. The lowest BCUT2D eigenvalue weighted by Gasteiger charge is -2.34. The molecule has 0 saturated carbocycles. The summed E-state index contributed by atoms with van der Waals surface area (Å²) in [7, 11) is 0. The number of pyridine rings is 1. The average Bonchev–Trinajstić information content (AvgIpc) is 2.77. The molecule has 2 unspecified atom stereocenters. The minimum Gasteiger partial charge on any atom is -0.309 e. The predicted molar refractivity (Wildman–Crippen MR) is 80.1 cm³/mol. The summed E-state index contributed by atoms with van der Waals surface area (Å²) >= 11 is 2.11. The highest BCUT2D eigenvalue weighted by molar-refractivity contribution is 8.00. The summed E-state index contributed by atoms with van der Waals surface area (Å²) in [5.41, 5.74) is 2.60. The maximum Gasteiger partial charge on any atom is 0.0481 e. The number of nitrogens with one attached hydrogen (secondary N) is 1. The molecule has 3 heteroatoms. The first-order valence-corrected chi connectivity index (χ1v) is 7.93. The van der Waals surface area contributed by atoms with Gasteiger partial charge in [-0.05, 0) is 56.5 Å². The molecule has 0 spiro atoms. The van der Waals surface area contributed by atoms with E-state index in [4.69, 9.17) is 0 Å². The van der Waals surface area contributed by atoms with Crippen LogP contribution in [0.1, 0.15) is 50.3 Å². The molecule has 0 aliphatic carbocycles. The SMILES string of the molecule is CCCNC(c1cncc(C)c1)C1(C)CCCS1. The lowest BCUT2D eigenvalue weighted by Crippen LogP contribution is -2.38. The first-order valence-electron chi connectivity index (χ1n) is 6.94. The Kier molecular flexibility index (Phi) is 4.68. The second-order valence-corrected chi connectivity index (χ2v) is 7.08. The molecule has 18 heavy (non-hydrogen) atoms. The second kappa shape index (κ2) is 6.07. The largest absolute Gasteiger partial charge is 0.309 e. The Morgan fingerprint density at radius 1 is 1.50 bits per heavy atom. The van der Waals surface area contributed by atoms with Gasteiger partial charge in [0.25, 0.3) is 0 Å². The Morgan fingerprint density at radius 2 is 2.33 bits per heavy atom. The summed E-state index contributed by atoms with van der Waals surface area (Å²) in [6.45, 7) is 7.83. The highest BCUT2D eigenvalue weighted by Gasteiger charge is 2.38. The molecule has 2 heterocycles. The second-order valence-electron chi connectivity index (χ2n) is 5.45. The summed E-state index contributed by atoms with van der Waals surface area (Å²) < 4.78 is 0.324. The zero-order valence-corrected chi connectivity index (χ0v) is 12.5. The molecule has 0 bridgehead atoms. The van der Waals surface area contributed by atoms with E-state index in [-0.39, 0.29) is 0 Å². The van der Waals surface area contributed by atoms with Crippen molar-refractivity contribution in [3.63, 3.8) is 0 Å². The van der Waals surface area contributed by atoms with Gasteiger partial charge in [-0.15, -0.1) is 0 Å². The van der Waals surface area contributed by atoms with Crippen molar-refractivity contribution in [1.29, 1.82) is 0 Å². The molecule has 1 aliphatic heterocycles. The van der Waals surface area contributed by atoms with Crippen molar-refractivity contribution in [3.05, 3.63) is 29.6 Å². The molecular formula is C15H24N2S. The highest BCUT2D eigenvalue weighted by atomic mass is 32.2. The number of aromatic nitrogens is 1. The van der Waals surface area contributed by atoms with E-state index in [0.717, 1.165) is 6.54 Å². The average molecular weight is 264 g/mol. The van der Waals surface area contributed by atoms with Gasteiger partial charge in [0.2, 0.25) is 0 Å². The molecule has 1 saturated heterocycles. The molecular weight excluding hydrogens is 240 g/mol. The van der Waals surface area contributed by atoms with Crippen LogP contribution in [-0.2, 0) is 0 Å². The molecule has 1 N–H and O–H groups in total. The van der Waals surface area contributed by atoms with Crippen LogP contribution in [0.15, 0.2) is 18.5 Å². The molecule has 1 aromatic rings. The fourth-order valence-electron chi connectivity index (χ4n) is 2.74. The minimum absolute atomic E-state index is 0.324. The summed E-state index contributed by atoms with van der Waals surface area (Å²) in [6, 6.07) is 2.71. The van der Waals surface area contributed by atoms with Crippen molar-refractivity contribution >= 4 is 11.8 Å². The Balaban J connectivity index is 2.24. The predicted octanol–water partition coefficient (Wildman–Crippen LogP) is 3.72. The van der Waals surface area contributed by atoms with Crippen molar-refractivity contribution in [1.82, 2.24) is 10.3 Å². The molecule has 100 valence electrons. The van der Waals surface area contributed by atoms with Gasteiger partial charge in [0, 0.05) is 23.2 Å². The number of thioether (sulfide) groups is 1. The van der Waals surface area contributed by atoms with Crippen molar-refractivity contribution in [2.45, 2.75) is 50.8 Å². The maximum atomic E-state index is 4.37. The van der Waals surface area contributed by atoms with E-state index >= 15 is 0 Å². The minimum atomic E-state index is 0.324. The van der Waals surface area contributed by atoms with Crippen molar-refractivity contribution in [2.75, 3.05) is 12.3 Å². The quantitative estimate of drug-likeness (QED) is 0.877. The lowest BCUT2D eigenvalue weighted by molar-refractivity contribution is 0.412. The highest BCUT2D eigenvalue weighted by Crippen LogP contribution is 2.46. The van der Waals surface area contributed by atoms with E-state index in [1.54, 1.807) is 0 Å². The van der Waals surface area contributed by atoms with Gasteiger partial charge in [-0.1, -0.05) is 13.0 Å². The van der Waals surface area contributed by atoms with Gasteiger partial charge in [-0.3, -0.25) is 4.98 Å². The van der Waals surface area contributed by atoms with E-state index < -0.39 is 0 Å². The normalized spacial score (nSPS) is 25.3. The van der Waals surface area contributed by atoms with Gasteiger partial charge in [0.15, 0.2) is 0 Å². The van der Waals surface area contributed by atoms with Crippen LogP contribution >= 0.6 is 11.8 Å². The Morgan fingerprint density at radius 3 is 2.94 bits per heavy atom. The van der Waals surface area contributed by atoms with Crippen LogP contribution in [0.2, 0.25) is 0 Å². The number of hydrogen-bond donors (Lipinski definition) is 1. The Labute approximate surface area is 115 Å². The maximum absolute atomic E-state index is 4.37. The fourth-order valence-corrected chi connectivity index (χ4v) is 4.17. The molecule has 2 rings (SSSR count). The van der Waals surface area contributed by atoms with Crippen LogP contribution in [0.3, 0.4) is 0 Å². The monoisotopic (exact) mass is 264 g/mol.